The second kappa shape index (κ2) is 10.3. The molecule has 0 radical (unpaired) electrons. The van der Waals surface area contributed by atoms with Crippen molar-refractivity contribution in [3.8, 4) is 0 Å². The summed E-state index contributed by atoms with van der Waals surface area (Å²) in [4.78, 5) is 17.3. The fourth-order valence-corrected chi connectivity index (χ4v) is 4.00. The summed E-state index contributed by atoms with van der Waals surface area (Å²) in [6, 6.07) is 4.34. The van der Waals surface area contributed by atoms with Crippen LogP contribution in [0.1, 0.15) is 10.6 Å². The first-order valence-electron chi connectivity index (χ1n) is 8.96. The molecule has 0 saturated carbocycles. The van der Waals surface area contributed by atoms with E-state index in [2.05, 4.69) is 47.2 Å². The number of hydrogen-bond acceptors (Lipinski definition) is 5. The maximum Gasteiger partial charge on any atom is 0.204 e. The molecular weight excluding hydrogens is 473 g/mol. The van der Waals surface area contributed by atoms with Gasteiger partial charge in [0, 0.05) is 65.8 Å². The molecule has 1 N–H and O–H groups in total. The van der Waals surface area contributed by atoms with E-state index in [9.17, 15) is 0 Å². The molecule has 2 aromatic rings. The van der Waals surface area contributed by atoms with Crippen molar-refractivity contribution < 1.29 is 0 Å². The Morgan fingerprint density at radius 3 is 2.59 bits per heavy atom. The quantitative estimate of drug-likeness (QED) is 0.385. The Hall–Kier alpha value is -1.33. The van der Waals surface area contributed by atoms with E-state index in [1.54, 1.807) is 0 Å². The van der Waals surface area contributed by atoms with Crippen LogP contribution in [0.3, 0.4) is 0 Å². The number of rotatable bonds is 5. The number of anilines is 1. The highest BCUT2D eigenvalue weighted by Crippen LogP contribution is 2.14. The highest BCUT2D eigenvalue weighted by atomic mass is 127. The summed E-state index contributed by atoms with van der Waals surface area (Å²) < 4.78 is 2.11. The molecule has 1 aliphatic heterocycles. The van der Waals surface area contributed by atoms with Crippen LogP contribution in [0, 0.1) is 0 Å². The molecule has 150 valence electrons. The van der Waals surface area contributed by atoms with Gasteiger partial charge in [-0.2, -0.15) is 0 Å². The van der Waals surface area contributed by atoms with Crippen LogP contribution in [0.2, 0.25) is 0 Å². The predicted octanol–water partition coefficient (Wildman–Crippen LogP) is 2.06. The first kappa shape index (κ1) is 22.0. The molecule has 2 aromatic heterocycles. The molecule has 7 nitrogen and oxygen atoms in total. The second-order valence-corrected chi connectivity index (χ2v) is 7.78. The Kier molecular flexibility index (Phi) is 8.36. The number of aromatic nitrogens is 2. The maximum atomic E-state index is 4.47. The van der Waals surface area contributed by atoms with E-state index in [1.165, 1.54) is 4.88 Å². The lowest BCUT2D eigenvalue weighted by atomic mass is 10.3. The number of halogens is 1. The predicted molar refractivity (Wildman–Crippen MR) is 124 cm³/mol. The maximum absolute atomic E-state index is 4.47. The van der Waals surface area contributed by atoms with Gasteiger partial charge in [0.05, 0.1) is 18.4 Å². The van der Waals surface area contributed by atoms with E-state index in [0.717, 1.165) is 56.9 Å². The molecule has 9 heteroatoms. The Labute approximate surface area is 183 Å². The van der Waals surface area contributed by atoms with Gasteiger partial charge in [0.15, 0.2) is 5.96 Å². The van der Waals surface area contributed by atoms with Crippen LogP contribution in [-0.4, -0.2) is 72.6 Å². The largest absolute Gasteiger partial charge is 0.351 e. The van der Waals surface area contributed by atoms with Gasteiger partial charge < -0.3 is 19.7 Å². The van der Waals surface area contributed by atoms with E-state index in [-0.39, 0.29) is 24.0 Å². The minimum Gasteiger partial charge on any atom is -0.351 e. The van der Waals surface area contributed by atoms with Gasteiger partial charge in [0.25, 0.3) is 0 Å². The van der Waals surface area contributed by atoms with Gasteiger partial charge in [-0.1, -0.05) is 6.07 Å². The Morgan fingerprint density at radius 1 is 1.30 bits per heavy atom. The Balaban J connectivity index is 0.00000261. The van der Waals surface area contributed by atoms with Crippen LogP contribution in [0.25, 0.3) is 0 Å². The Morgan fingerprint density at radius 2 is 2.04 bits per heavy atom. The monoisotopic (exact) mass is 503 g/mol. The third kappa shape index (κ3) is 5.58. The van der Waals surface area contributed by atoms with E-state index in [4.69, 9.17) is 0 Å². The molecule has 0 unspecified atom stereocenters. The molecule has 1 fully saturated rings. The van der Waals surface area contributed by atoms with Crippen LogP contribution in [0.15, 0.2) is 28.7 Å². The zero-order valence-electron chi connectivity index (χ0n) is 16.6. The molecule has 0 atom stereocenters. The van der Waals surface area contributed by atoms with Gasteiger partial charge in [-0.05, 0) is 11.4 Å². The van der Waals surface area contributed by atoms with Crippen molar-refractivity contribution in [3.05, 3.63) is 34.3 Å². The molecule has 27 heavy (non-hydrogen) atoms. The van der Waals surface area contributed by atoms with Gasteiger partial charge in [-0.3, -0.25) is 9.89 Å². The molecule has 0 amide bonds. The summed E-state index contributed by atoms with van der Waals surface area (Å²) in [5.74, 6) is 1.92. The number of aliphatic imine (C=N–C) groups is 1. The topological polar surface area (TPSA) is 51.9 Å². The van der Waals surface area contributed by atoms with Crippen molar-refractivity contribution in [2.45, 2.75) is 13.1 Å². The summed E-state index contributed by atoms with van der Waals surface area (Å²) in [6.07, 6.45) is 1.93. The molecule has 3 heterocycles. The zero-order chi connectivity index (χ0) is 18.5. The molecule has 0 aliphatic carbocycles. The fraction of sp³-hybridized carbons (Fsp3) is 0.556. The summed E-state index contributed by atoms with van der Waals surface area (Å²) in [5.41, 5.74) is 1.14. The summed E-state index contributed by atoms with van der Waals surface area (Å²) in [7, 11) is 7.92. The molecule has 3 rings (SSSR count). The zero-order valence-corrected chi connectivity index (χ0v) is 19.7. The van der Waals surface area contributed by atoms with Crippen LogP contribution in [-0.2, 0) is 20.1 Å². The van der Waals surface area contributed by atoms with E-state index in [1.807, 2.05) is 50.6 Å². The molecule has 0 spiro atoms. The van der Waals surface area contributed by atoms with Crippen LogP contribution < -0.4 is 10.2 Å². The summed E-state index contributed by atoms with van der Waals surface area (Å²) in [5, 5.41) is 5.64. The first-order chi connectivity index (χ1) is 12.6. The SMILES string of the molecule is CN=C(NCc1cnc(N(C)C)n1C)N1CCN(Cc2cccs2)CC1.I. The number of hydrogen-bond donors (Lipinski definition) is 1. The number of imidazole rings is 1. The van der Waals surface area contributed by atoms with Crippen molar-refractivity contribution in [1.29, 1.82) is 0 Å². The average molecular weight is 503 g/mol. The van der Waals surface area contributed by atoms with Crippen molar-refractivity contribution in [2.75, 3.05) is 52.2 Å². The number of nitrogens with one attached hydrogen (secondary N) is 1. The third-order valence-electron chi connectivity index (χ3n) is 4.73. The van der Waals surface area contributed by atoms with Gasteiger partial charge in [-0.25, -0.2) is 4.98 Å². The van der Waals surface area contributed by atoms with Gasteiger partial charge in [-0.15, -0.1) is 35.3 Å². The molecule has 1 aliphatic rings. The number of piperazine rings is 1. The van der Waals surface area contributed by atoms with E-state index >= 15 is 0 Å². The minimum atomic E-state index is 0. The fourth-order valence-electron chi connectivity index (χ4n) is 3.26. The number of nitrogens with zero attached hydrogens (tertiary/aromatic N) is 6. The van der Waals surface area contributed by atoms with Crippen molar-refractivity contribution in [1.82, 2.24) is 24.7 Å². The number of thiophene rings is 1. The van der Waals surface area contributed by atoms with Gasteiger partial charge in [0.2, 0.25) is 5.95 Å². The highest BCUT2D eigenvalue weighted by Gasteiger charge is 2.20. The van der Waals surface area contributed by atoms with Crippen LogP contribution in [0.5, 0.6) is 0 Å². The van der Waals surface area contributed by atoms with Crippen LogP contribution in [0.4, 0.5) is 5.95 Å². The normalized spacial score (nSPS) is 15.6. The molecule has 0 bridgehead atoms. The first-order valence-corrected chi connectivity index (χ1v) is 9.84. The molecular formula is C18H30IN7S. The highest BCUT2D eigenvalue weighted by molar-refractivity contribution is 14.0. The molecule has 0 aromatic carbocycles. The van der Waals surface area contributed by atoms with Crippen molar-refractivity contribution in [2.24, 2.45) is 12.0 Å². The second-order valence-electron chi connectivity index (χ2n) is 6.75. The average Bonchev–Trinajstić information content (AvgIpc) is 3.27. The smallest absolute Gasteiger partial charge is 0.204 e. The lowest BCUT2D eigenvalue weighted by Crippen LogP contribution is -2.52. The van der Waals surface area contributed by atoms with Gasteiger partial charge in [0.1, 0.15) is 0 Å². The summed E-state index contributed by atoms with van der Waals surface area (Å²) in [6.45, 7) is 5.90. The Bertz CT molecular complexity index is 718. The van der Waals surface area contributed by atoms with Crippen molar-refractivity contribution >= 4 is 47.2 Å². The molecule has 1 saturated heterocycles. The minimum absolute atomic E-state index is 0. The third-order valence-corrected chi connectivity index (χ3v) is 5.59. The lowest BCUT2D eigenvalue weighted by Gasteiger charge is -2.36. The lowest BCUT2D eigenvalue weighted by molar-refractivity contribution is 0.173. The van der Waals surface area contributed by atoms with Crippen molar-refractivity contribution in [3.63, 3.8) is 0 Å². The standard InChI is InChI=1S/C18H29N7S.HI/c1-19-17(20-12-15-13-21-18(22(2)3)23(15)4)25-9-7-24(8-10-25)14-16-6-5-11-26-16;/h5-6,11,13H,7-10,12,14H2,1-4H3,(H,19,20);1H. The van der Waals surface area contributed by atoms with Crippen LogP contribution >= 0.6 is 35.3 Å². The van der Waals surface area contributed by atoms with E-state index in [0.29, 0.717) is 0 Å². The van der Waals surface area contributed by atoms with Gasteiger partial charge >= 0.3 is 0 Å². The summed E-state index contributed by atoms with van der Waals surface area (Å²) >= 11 is 1.84. The van der Waals surface area contributed by atoms with E-state index < -0.39 is 0 Å². The number of guanidine groups is 1.